The quantitative estimate of drug-likeness (QED) is 0.778. The van der Waals surface area contributed by atoms with E-state index in [1.54, 1.807) is 11.1 Å². The molecule has 3 aliphatic heterocycles. The van der Waals surface area contributed by atoms with Crippen molar-refractivity contribution in [3.05, 3.63) is 35.4 Å². The number of rotatable bonds is 1. The van der Waals surface area contributed by atoms with E-state index in [-0.39, 0.29) is 30.2 Å². The van der Waals surface area contributed by atoms with Crippen LogP contribution in [-0.2, 0) is 15.3 Å². The van der Waals surface area contributed by atoms with Crippen LogP contribution in [0, 0.1) is 0 Å². The minimum atomic E-state index is -0.808. The lowest BCUT2D eigenvalue weighted by atomic mass is 9.96. The average molecular weight is 299 g/mol. The van der Waals surface area contributed by atoms with Crippen LogP contribution in [0.4, 0.5) is 0 Å². The number of carbonyl (C=O) groups excluding carboxylic acids is 3. The van der Waals surface area contributed by atoms with Crippen LogP contribution in [0.15, 0.2) is 24.3 Å². The summed E-state index contributed by atoms with van der Waals surface area (Å²) in [7, 11) is 0. The molecule has 2 saturated heterocycles. The number of amides is 3. The first kappa shape index (κ1) is 13.5. The zero-order valence-corrected chi connectivity index (χ0v) is 12.6. The van der Waals surface area contributed by atoms with Crippen molar-refractivity contribution in [2.75, 3.05) is 6.54 Å². The molecule has 4 rings (SSSR count). The summed E-state index contributed by atoms with van der Waals surface area (Å²) < 4.78 is 0. The average Bonchev–Trinajstić information content (AvgIpc) is 3.03. The summed E-state index contributed by atoms with van der Waals surface area (Å²) in [5, 5.41) is 3.02. The molecule has 3 amide bonds. The molecule has 1 aromatic rings. The fraction of sp³-hybridized carbons (Fsp3) is 0.438. The highest BCUT2D eigenvalue weighted by atomic mass is 16.2. The fourth-order valence-corrected chi connectivity index (χ4v) is 4.21. The van der Waals surface area contributed by atoms with Crippen molar-refractivity contribution < 1.29 is 14.4 Å². The molecule has 6 nitrogen and oxygen atoms in total. The van der Waals surface area contributed by atoms with Gasteiger partial charge in [0.25, 0.3) is 5.91 Å². The van der Waals surface area contributed by atoms with Crippen molar-refractivity contribution >= 4 is 17.7 Å². The lowest BCUT2D eigenvalue weighted by Gasteiger charge is -2.35. The van der Waals surface area contributed by atoms with Crippen LogP contribution in [0.5, 0.6) is 0 Å². The highest BCUT2D eigenvalue weighted by Gasteiger charge is 2.67. The lowest BCUT2D eigenvalue weighted by molar-refractivity contribution is -0.158. The zero-order valence-electron chi connectivity index (χ0n) is 12.6. The van der Waals surface area contributed by atoms with E-state index in [2.05, 4.69) is 0 Å². The van der Waals surface area contributed by atoms with Gasteiger partial charge < -0.3 is 4.90 Å². The van der Waals surface area contributed by atoms with Crippen molar-refractivity contribution in [2.24, 2.45) is 0 Å². The number of carbonyl (C=O) groups is 3. The number of hydrazine groups is 1. The summed E-state index contributed by atoms with van der Waals surface area (Å²) in [6.07, 6.45) is 0.934. The van der Waals surface area contributed by atoms with Crippen molar-refractivity contribution in [2.45, 2.75) is 38.4 Å². The van der Waals surface area contributed by atoms with Crippen molar-refractivity contribution in [1.29, 1.82) is 0 Å². The maximum atomic E-state index is 12.9. The maximum Gasteiger partial charge on any atom is 0.256 e. The van der Waals surface area contributed by atoms with Gasteiger partial charge in [-0.2, -0.15) is 5.01 Å². The van der Waals surface area contributed by atoms with Crippen LogP contribution in [0.25, 0.3) is 0 Å². The Bertz CT molecular complexity index is 716. The summed E-state index contributed by atoms with van der Waals surface area (Å²) in [4.78, 5) is 39.0. The SMILES string of the molecule is CC[C@@H]1CN2N(C(C)=O)C(=O)C[C@@]23c2ccccc2C(=O)N13. The Hall–Kier alpha value is -2.21. The first-order chi connectivity index (χ1) is 10.5. The maximum absolute atomic E-state index is 12.9. The van der Waals surface area contributed by atoms with Crippen molar-refractivity contribution in [3.8, 4) is 0 Å². The minimum Gasteiger partial charge on any atom is -0.310 e. The summed E-state index contributed by atoms with van der Waals surface area (Å²) in [5.41, 5.74) is 0.675. The molecule has 22 heavy (non-hydrogen) atoms. The molecular weight excluding hydrogens is 282 g/mol. The molecule has 114 valence electrons. The Balaban J connectivity index is 1.96. The van der Waals surface area contributed by atoms with Gasteiger partial charge in [0.2, 0.25) is 11.8 Å². The summed E-state index contributed by atoms with van der Waals surface area (Å²) in [5.74, 6) is -0.574. The monoisotopic (exact) mass is 299 g/mol. The van der Waals surface area contributed by atoms with Gasteiger partial charge in [-0.15, -0.1) is 0 Å². The van der Waals surface area contributed by atoms with Gasteiger partial charge in [0, 0.05) is 30.6 Å². The number of fused-ring (bicyclic) bond motifs is 1. The molecule has 0 aromatic heterocycles. The first-order valence-corrected chi connectivity index (χ1v) is 7.56. The molecule has 3 heterocycles. The van der Waals surface area contributed by atoms with E-state index in [1.807, 2.05) is 30.0 Å². The minimum absolute atomic E-state index is 0.00912. The molecule has 1 aromatic carbocycles. The van der Waals surface area contributed by atoms with Crippen LogP contribution in [-0.4, -0.2) is 45.2 Å². The Morgan fingerprint density at radius 3 is 2.73 bits per heavy atom. The largest absolute Gasteiger partial charge is 0.310 e. The summed E-state index contributed by atoms with van der Waals surface area (Å²) in [6, 6.07) is 7.42. The van der Waals surface area contributed by atoms with Gasteiger partial charge in [-0.3, -0.25) is 14.4 Å². The summed E-state index contributed by atoms with van der Waals surface area (Å²) >= 11 is 0. The smallest absolute Gasteiger partial charge is 0.256 e. The molecule has 0 bridgehead atoms. The molecule has 0 radical (unpaired) electrons. The molecule has 1 spiro atoms. The highest BCUT2D eigenvalue weighted by molar-refractivity contribution is 6.04. The van der Waals surface area contributed by atoms with Gasteiger partial charge in [-0.1, -0.05) is 25.1 Å². The van der Waals surface area contributed by atoms with E-state index in [4.69, 9.17) is 0 Å². The van der Waals surface area contributed by atoms with Gasteiger partial charge in [0.05, 0.1) is 6.42 Å². The number of benzene rings is 1. The molecule has 0 unspecified atom stereocenters. The molecule has 2 fully saturated rings. The Kier molecular flexibility index (Phi) is 2.55. The predicted molar refractivity (Wildman–Crippen MR) is 77.2 cm³/mol. The van der Waals surface area contributed by atoms with Gasteiger partial charge in [-0.25, -0.2) is 5.01 Å². The molecule has 3 aliphatic rings. The van der Waals surface area contributed by atoms with E-state index < -0.39 is 5.66 Å². The van der Waals surface area contributed by atoms with E-state index >= 15 is 0 Å². The van der Waals surface area contributed by atoms with E-state index in [0.717, 1.165) is 12.0 Å². The topological polar surface area (TPSA) is 60.9 Å². The van der Waals surface area contributed by atoms with Crippen LogP contribution in [0.2, 0.25) is 0 Å². The van der Waals surface area contributed by atoms with Crippen LogP contribution in [0.1, 0.15) is 42.6 Å². The van der Waals surface area contributed by atoms with E-state index in [1.165, 1.54) is 11.9 Å². The normalized spacial score (nSPS) is 29.8. The molecule has 0 aliphatic carbocycles. The van der Waals surface area contributed by atoms with Gasteiger partial charge in [0.1, 0.15) is 5.66 Å². The number of nitrogens with zero attached hydrogens (tertiary/aromatic N) is 3. The number of hydrogen-bond donors (Lipinski definition) is 0. The molecule has 2 atom stereocenters. The van der Waals surface area contributed by atoms with Crippen molar-refractivity contribution in [1.82, 2.24) is 14.9 Å². The zero-order chi connectivity index (χ0) is 15.6. The Morgan fingerprint density at radius 2 is 2.05 bits per heavy atom. The molecule has 0 saturated carbocycles. The van der Waals surface area contributed by atoms with Crippen LogP contribution >= 0.6 is 0 Å². The molecule has 0 N–H and O–H groups in total. The second kappa shape index (κ2) is 4.16. The second-order valence-corrected chi connectivity index (χ2v) is 6.08. The standard InChI is InChI=1S/C16H17N3O3/c1-3-11-9-17-16(8-14(21)19(17)10(2)20)13-7-5-4-6-12(13)15(22)18(11)16/h4-7,11H,3,8-9H2,1-2H3/t11-,16-/m1/s1. The molecule has 6 heteroatoms. The third-order valence-corrected chi connectivity index (χ3v) is 5.03. The van der Waals surface area contributed by atoms with Crippen molar-refractivity contribution in [3.63, 3.8) is 0 Å². The van der Waals surface area contributed by atoms with Gasteiger partial charge >= 0.3 is 0 Å². The molecular formula is C16H17N3O3. The number of imide groups is 1. The summed E-state index contributed by atoms with van der Waals surface area (Å²) in [6.45, 7) is 3.93. The third-order valence-electron chi connectivity index (χ3n) is 5.03. The fourth-order valence-electron chi connectivity index (χ4n) is 4.21. The van der Waals surface area contributed by atoms with Crippen LogP contribution in [0.3, 0.4) is 0 Å². The lowest BCUT2D eigenvalue weighted by Crippen LogP contribution is -2.49. The first-order valence-electron chi connectivity index (χ1n) is 7.56. The number of hydrogen-bond acceptors (Lipinski definition) is 4. The second-order valence-electron chi connectivity index (χ2n) is 6.08. The van der Waals surface area contributed by atoms with E-state index in [9.17, 15) is 14.4 Å². The Labute approximate surface area is 128 Å². The van der Waals surface area contributed by atoms with Gasteiger partial charge in [0.15, 0.2) is 0 Å². The highest BCUT2D eigenvalue weighted by Crippen LogP contribution is 2.53. The van der Waals surface area contributed by atoms with Gasteiger partial charge in [-0.05, 0) is 12.5 Å². The Morgan fingerprint density at radius 1 is 1.32 bits per heavy atom. The predicted octanol–water partition coefficient (Wildman–Crippen LogP) is 1.08. The van der Waals surface area contributed by atoms with Crippen LogP contribution < -0.4 is 0 Å². The third kappa shape index (κ3) is 1.31. The van der Waals surface area contributed by atoms with E-state index in [0.29, 0.717) is 12.1 Å².